The maximum Gasteiger partial charge on any atom is 0.168 e. The van der Waals surface area contributed by atoms with Crippen LogP contribution in [0.5, 0.6) is 0 Å². The van der Waals surface area contributed by atoms with E-state index < -0.39 is 0 Å². The SMILES string of the molecule is C[NH2+]/C=C/CC(=O)c1cccnc1. The summed E-state index contributed by atoms with van der Waals surface area (Å²) < 4.78 is 0. The molecule has 13 heavy (non-hydrogen) atoms. The van der Waals surface area contributed by atoms with E-state index >= 15 is 0 Å². The van der Waals surface area contributed by atoms with Gasteiger partial charge in [-0.1, -0.05) is 0 Å². The minimum Gasteiger partial charge on any atom is -0.323 e. The summed E-state index contributed by atoms with van der Waals surface area (Å²) >= 11 is 0. The lowest BCUT2D eigenvalue weighted by Crippen LogP contribution is -2.72. The lowest BCUT2D eigenvalue weighted by molar-refractivity contribution is -0.556. The van der Waals surface area contributed by atoms with Crippen molar-refractivity contribution in [1.82, 2.24) is 4.98 Å². The fraction of sp³-hybridized carbons (Fsp3) is 0.200. The number of aromatic nitrogens is 1. The number of nitrogens with two attached hydrogens (primary N) is 1. The van der Waals surface area contributed by atoms with Crippen LogP contribution in [0.3, 0.4) is 0 Å². The Balaban J connectivity index is 2.54. The summed E-state index contributed by atoms with van der Waals surface area (Å²) in [4.78, 5) is 15.3. The molecule has 0 saturated carbocycles. The van der Waals surface area contributed by atoms with Crippen molar-refractivity contribution in [3.63, 3.8) is 0 Å². The molecule has 1 heterocycles. The van der Waals surface area contributed by atoms with Gasteiger partial charge in [0, 0.05) is 24.4 Å². The summed E-state index contributed by atoms with van der Waals surface area (Å²) in [6, 6.07) is 3.54. The van der Waals surface area contributed by atoms with Crippen LogP contribution in [0, 0.1) is 0 Å². The van der Waals surface area contributed by atoms with Crippen molar-refractivity contribution in [3.05, 3.63) is 42.4 Å². The van der Waals surface area contributed by atoms with Gasteiger partial charge in [-0.3, -0.25) is 9.78 Å². The first-order valence-corrected chi connectivity index (χ1v) is 4.22. The number of Topliss-reactive ketones (excluding diaryl/α,β-unsaturated/α-hetero) is 1. The van der Waals surface area contributed by atoms with Crippen molar-refractivity contribution in [3.8, 4) is 0 Å². The molecule has 0 bridgehead atoms. The average molecular weight is 177 g/mol. The second-order valence-electron chi connectivity index (χ2n) is 2.63. The second-order valence-corrected chi connectivity index (χ2v) is 2.63. The van der Waals surface area contributed by atoms with Crippen LogP contribution in [0.4, 0.5) is 0 Å². The number of quaternary nitrogens is 1. The predicted octanol–water partition coefficient (Wildman–Crippen LogP) is 0.361. The molecule has 0 saturated heterocycles. The quantitative estimate of drug-likeness (QED) is 0.675. The van der Waals surface area contributed by atoms with Gasteiger partial charge < -0.3 is 5.32 Å². The van der Waals surface area contributed by atoms with Gasteiger partial charge in [-0.05, 0) is 18.2 Å². The predicted molar refractivity (Wildman–Crippen MR) is 50.2 cm³/mol. The molecule has 3 heteroatoms. The molecular formula is C10H13N2O+. The lowest BCUT2D eigenvalue weighted by atomic mass is 10.1. The van der Waals surface area contributed by atoms with E-state index in [2.05, 4.69) is 4.98 Å². The fourth-order valence-corrected chi connectivity index (χ4v) is 0.957. The van der Waals surface area contributed by atoms with Crippen LogP contribution >= 0.6 is 0 Å². The molecule has 0 amide bonds. The van der Waals surface area contributed by atoms with Gasteiger partial charge in [0.1, 0.15) is 0 Å². The highest BCUT2D eigenvalue weighted by Gasteiger charge is 2.01. The molecule has 68 valence electrons. The molecule has 0 radical (unpaired) electrons. The summed E-state index contributed by atoms with van der Waals surface area (Å²) in [5, 5.41) is 1.90. The number of ketones is 1. The third-order valence-electron chi connectivity index (χ3n) is 1.62. The molecule has 0 fully saturated rings. The minimum absolute atomic E-state index is 0.103. The van der Waals surface area contributed by atoms with Crippen molar-refractivity contribution in [1.29, 1.82) is 0 Å². The molecule has 0 aliphatic rings. The molecule has 1 aromatic heterocycles. The zero-order valence-electron chi connectivity index (χ0n) is 7.60. The number of rotatable bonds is 4. The fourth-order valence-electron chi connectivity index (χ4n) is 0.957. The number of carbonyl (C=O) groups excluding carboxylic acids is 1. The van der Waals surface area contributed by atoms with E-state index in [4.69, 9.17) is 0 Å². The van der Waals surface area contributed by atoms with E-state index in [1.165, 1.54) is 0 Å². The van der Waals surface area contributed by atoms with Gasteiger partial charge in [-0.2, -0.15) is 0 Å². The molecule has 0 aromatic carbocycles. The van der Waals surface area contributed by atoms with Crippen LogP contribution < -0.4 is 5.32 Å². The van der Waals surface area contributed by atoms with E-state index in [1.807, 2.05) is 24.6 Å². The number of hydrogen-bond acceptors (Lipinski definition) is 2. The highest BCUT2D eigenvalue weighted by atomic mass is 16.1. The molecule has 0 atom stereocenters. The normalized spacial score (nSPS) is 10.5. The van der Waals surface area contributed by atoms with Crippen LogP contribution in [0.25, 0.3) is 0 Å². The Labute approximate surface area is 77.5 Å². The summed E-state index contributed by atoms with van der Waals surface area (Å²) in [7, 11) is 1.92. The molecular weight excluding hydrogens is 164 g/mol. The third-order valence-corrected chi connectivity index (χ3v) is 1.62. The van der Waals surface area contributed by atoms with Crippen molar-refractivity contribution < 1.29 is 10.1 Å². The molecule has 1 rings (SSSR count). The molecule has 1 aromatic rings. The van der Waals surface area contributed by atoms with Gasteiger partial charge >= 0.3 is 0 Å². The second kappa shape index (κ2) is 5.22. The Bertz CT molecular complexity index is 293. The number of hydrogen-bond donors (Lipinski definition) is 1. The van der Waals surface area contributed by atoms with Crippen LogP contribution in [0.15, 0.2) is 36.8 Å². The highest BCUT2D eigenvalue weighted by molar-refractivity contribution is 5.96. The number of pyridine rings is 1. The van der Waals surface area contributed by atoms with Gasteiger partial charge in [-0.25, -0.2) is 0 Å². The first-order chi connectivity index (χ1) is 6.34. The Morgan fingerprint density at radius 3 is 3.15 bits per heavy atom. The molecule has 0 aliphatic heterocycles. The van der Waals surface area contributed by atoms with E-state index in [9.17, 15) is 4.79 Å². The van der Waals surface area contributed by atoms with Crippen molar-refractivity contribution in [2.24, 2.45) is 0 Å². The van der Waals surface area contributed by atoms with Crippen molar-refractivity contribution in [2.75, 3.05) is 7.05 Å². The van der Waals surface area contributed by atoms with Gasteiger partial charge in [0.25, 0.3) is 0 Å². The van der Waals surface area contributed by atoms with E-state index in [0.29, 0.717) is 12.0 Å². The highest BCUT2D eigenvalue weighted by Crippen LogP contribution is 2.00. The van der Waals surface area contributed by atoms with E-state index in [-0.39, 0.29) is 5.78 Å². The maximum atomic E-state index is 11.4. The van der Waals surface area contributed by atoms with E-state index in [1.54, 1.807) is 24.5 Å². The minimum atomic E-state index is 0.103. The first-order valence-electron chi connectivity index (χ1n) is 4.22. The first kappa shape index (κ1) is 9.61. The Morgan fingerprint density at radius 2 is 2.54 bits per heavy atom. The Morgan fingerprint density at radius 1 is 1.69 bits per heavy atom. The van der Waals surface area contributed by atoms with Gasteiger partial charge in [0.05, 0.1) is 13.2 Å². The Hall–Kier alpha value is -1.48. The topological polar surface area (TPSA) is 46.6 Å². The summed E-state index contributed by atoms with van der Waals surface area (Å²) in [5.41, 5.74) is 0.670. The summed E-state index contributed by atoms with van der Waals surface area (Å²) in [6.45, 7) is 0. The number of carbonyl (C=O) groups is 1. The smallest absolute Gasteiger partial charge is 0.168 e. The number of nitrogens with zero attached hydrogens (tertiary/aromatic N) is 1. The zero-order valence-corrected chi connectivity index (χ0v) is 7.60. The third kappa shape index (κ3) is 3.17. The largest absolute Gasteiger partial charge is 0.323 e. The summed E-state index contributed by atoms with van der Waals surface area (Å²) in [5.74, 6) is 0.103. The molecule has 0 spiro atoms. The van der Waals surface area contributed by atoms with Crippen LogP contribution in [0.2, 0.25) is 0 Å². The molecule has 0 aliphatic carbocycles. The van der Waals surface area contributed by atoms with Gasteiger partial charge in [0.2, 0.25) is 0 Å². The standard InChI is InChI=1S/C10H12N2O/c1-11-6-3-5-10(13)9-4-2-7-12-8-9/h2-4,6-8,11H,5H2,1H3/p+1/b6-3+. The van der Waals surface area contributed by atoms with Crippen LogP contribution in [-0.2, 0) is 0 Å². The van der Waals surface area contributed by atoms with Crippen LogP contribution in [-0.4, -0.2) is 17.8 Å². The maximum absolute atomic E-state index is 11.4. The Kier molecular flexibility index (Phi) is 3.85. The van der Waals surface area contributed by atoms with Gasteiger partial charge in [-0.15, -0.1) is 0 Å². The van der Waals surface area contributed by atoms with Gasteiger partial charge in [0.15, 0.2) is 5.78 Å². The number of allylic oxidation sites excluding steroid dienone is 1. The van der Waals surface area contributed by atoms with Crippen molar-refractivity contribution in [2.45, 2.75) is 6.42 Å². The van der Waals surface area contributed by atoms with E-state index in [0.717, 1.165) is 0 Å². The lowest BCUT2D eigenvalue weighted by Gasteiger charge is -1.94. The zero-order chi connectivity index (χ0) is 9.52. The van der Waals surface area contributed by atoms with Crippen molar-refractivity contribution >= 4 is 5.78 Å². The molecule has 3 nitrogen and oxygen atoms in total. The monoisotopic (exact) mass is 177 g/mol. The molecule has 2 N–H and O–H groups in total. The average Bonchev–Trinajstić information content (AvgIpc) is 2.19. The van der Waals surface area contributed by atoms with Crippen LogP contribution in [0.1, 0.15) is 16.8 Å². The summed E-state index contributed by atoms with van der Waals surface area (Å²) in [6.07, 6.45) is 7.40. The molecule has 0 unspecified atom stereocenters.